The second-order valence-electron chi connectivity index (χ2n) is 6.34. The molecule has 2 aromatic carbocycles. The molecule has 0 atom stereocenters. The number of ether oxygens (including phenoxy) is 3. The number of hydrogen-bond donors (Lipinski definition) is 0. The van der Waals surface area contributed by atoms with Gasteiger partial charge in [0, 0.05) is 11.2 Å². The van der Waals surface area contributed by atoms with E-state index in [1.807, 2.05) is 36.4 Å². The molecule has 1 saturated heterocycles. The van der Waals surface area contributed by atoms with Crippen LogP contribution in [-0.2, 0) is 16.1 Å². The molecule has 8 heteroatoms. The summed E-state index contributed by atoms with van der Waals surface area (Å²) in [5.41, 5.74) is 3.16. The zero-order valence-electron chi connectivity index (χ0n) is 15.6. The molecule has 4 rings (SSSR count). The minimum Gasteiger partial charge on any atom is -0.472 e. The van der Waals surface area contributed by atoms with Gasteiger partial charge in [0.25, 0.3) is 0 Å². The van der Waals surface area contributed by atoms with E-state index in [2.05, 4.69) is 20.2 Å². The van der Waals surface area contributed by atoms with E-state index in [0.29, 0.717) is 36.3 Å². The van der Waals surface area contributed by atoms with Crippen LogP contribution in [0.15, 0.2) is 71.3 Å². The van der Waals surface area contributed by atoms with Gasteiger partial charge in [-0.1, -0.05) is 23.7 Å². The topological polar surface area (TPSA) is 78.2 Å². The van der Waals surface area contributed by atoms with Gasteiger partial charge in [-0.15, -0.1) is 0 Å². The lowest BCUT2D eigenvalue weighted by molar-refractivity contribution is -0.184. The Morgan fingerprint density at radius 1 is 0.966 bits per heavy atom. The van der Waals surface area contributed by atoms with Gasteiger partial charge in [-0.05, 0) is 48.4 Å². The predicted molar refractivity (Wildman–Crippen MR) is 108 cm³/mol. The van der Waals surface area contributed by atoms with Crippen molar-refractivity contribution in [3.8, 4) is 5.88 Å². The van der Waals surface area contributed by atoms with E-state index in [0.717, 1.165) is 23.4 Å². The highest BCUT2D eigenvalue weighted by molar-refractivity contribution is 6.30. The normalized spacial score (nSPS) is 14.9. The smallest absolute Gasteiger partial charge is 0.225 e. The van der Waals surface area contributed by atoms with Crippen molar-refractivity contribution in [2.45, 2.75) is 19.3 Å². The predicted octanol–water partition coefficient (Wildman–Crippen LogP) is 5.56. The molecule has 7 nitrogen and oxygen atoms in total. The zero-order chi connectivity index (χ0) is 19.9. The molecule has 29 heavy (non-hydrogen) atoms. The van der Waals surface area contributed by atoms with Gasteiger partial charge in [-0.2, -0.15) is 10.2 Å². The van der Waals surface area contributed by atoms with Crippen LogP contribution >= 0.6 is 11.6 Å². The third-order valence-corrected chi connectivity index (χ3v) is 4.45. The van der Waals surface area contributed by atoms with Gasteiger partial charge in [-0.25, -0.2) is 9.97 Å². The number of aromatic nitrogens is 2. The maximum Gasteiger partial charge on any atom is 0.225 e. The number of azo groups is 1. The first kappa shape index (κ1) is 19.4. The lowest BCUT2D eigenvalue weighted by atomic mass is 10.2. The first-order valence-electron chi connectivity index (χ1n) is 9.20. The fraction of sp³-hybridized carbons (Fsp3) is 0.238. The van der Waals surface area contributed by atoms with Crippen LogP contribution in [0.1, 0.15) is 23.8 Å². The standard InChI is InChI=1S/C21H19ClN4O3/c22-16-4-8-18(9-5-16)26-25-17-6-2-15(3-7-17)13-29-20-19(12-23-14-24-20)21-27-10-1-11-28-21/h2-9,12,14,21H,1,10-11,13H2. The van der Waals surface area contributed by atoms with E-state index in [1.165, 1.54) is 6.33 Å². The number of nitrogens with zero attached hydrogens (tertiary/aromatic N) is 4. The highest BCUT2D eigenvalue weighted by Crippen LogP contribution is 2.29. The van der Waals surface area contributed by atoms with E-state index < -0.39 is 6.29 Å². The molecule has 2 heterocycles. The van der Waals surface area contributed by atoms with Gasteiger partial charge in [0.2, 0.25) is 5.88 Å². The van der Waals surface area contributed by atoms with Crippen LogP contribution in [0.3, 0.4) is 0 Å². The summed E-state index contributed by atoms with van der Waals surface area (Å²) in [5, 5.41) is 9.09. The molecule has 0 aliphatic carbocycles. The van der Waals surface area contributed by atoms with Crippen molar-refractivity contribution in [1.82, 2.24) is 9.97 Å². The summed E-state index contributed by atoms with van der Waals surface area (Å²) in [7, 11) is 0. The Morgan fingerprint density at radius 3 is 2.31 bits per heavy atom. The summed E-state index contributed by atoms with van der Waals surface area (Å²) in [4.78, 5) is 8.28. The summed E-state index contributed by atoms with van der Waals surface area (Å²) in [6.07, 6.45) is 3.50. The summed E-state index contributed by atoms with van der Waals surface area (Å²) in [6, 6.07) is 14.8. The minimum atomic E-state index is -0.490. The highest BCUT2D eigenvalue weighted by Gasteiger charge is 2.22. The quantitative estimate of drug-likeness (QED) is 0.497. The lowest BCUT2D eigenvalue weighted by Crippen LogP contribution is -2.19. The molecule has 0 N–H and O–H groups in total. The second kappa shape index (κ2) is 9.56. The number of halogens is 1. The van der Waals surface area contributed by atoms with E-state index in [1.54, 1.807) is 18.3 Å². The molecule has 0 spiro atoms. The van der Waals surface area contributed by atoms with Gasteiger partial charge < -0.3 is 14.2 Å². The average molecular weight is 411 g/mol. The number of hydrogen-bond acceptors (Lipinski definition) is 7. The van der Waals surface area contributed by atoms with Gasteiger partial charge in [0.15, 0.2) is 6.29 Å². The Labute approximate surface area is 173 Å². The van der Waals surface area contributed by atoms with E-state index >= 15 is 0 Å². The van der Waals surface area contributed by atoms with Gasteiger partial charge >= 0.3 is 0 Å². The molecule has 1 aromatic heterocycles. The molecular weight excluding hydrogens is 392 g/mol. The zero-order valence-corrected chi connectivity index (χ0v) is 16.3. The van der Waals surface area contributed by atoms with Crippen molar-refractivity contribution < 1.29 is 14.2 Å². The van der Waals surface area contributed by atoms with Crippen LogP contribution in [0.4, 0.5) is 11.4 Å². The maximum absolute atomic E-state index is 5.88. The molecule has 0 saturated carbocycles. The molecule has 148 valence electrons. The van der Waals surface area contributed by atoms with E-state index in [4.69, 9.17) is 25.8 Å². The third-order valence-electron chi connectivity index (χ3n) is 4.20. The van der Waals surface area contributed by atoms with Crippen molar-refractivity contribution >= 4 is 23.0 Å². The summed E-state index contributed by atoms with van der Waals surface area (Å²) >= 11 is 5.87. The Hall–Kier alpha value is -2.87. The summed E-state index contributed by atoms with van der Waals surface area (Å²) in [6.45, 7) is 1.64. The molecule has 0 bridgehead atoms. The Morgan fingerprint density at radius 2 is 1.62 bits per heavy atom. The van der Waals surface area contributed by atoms with Gasteiger partial charge in [0.05, 0.1) is 30.2 Å². The monoisotopic (exact) mass is 410 g/mol. The molecule has 1 fully saturated rings. The molecule has 1 aliphatic rings. The van der Waals surface area contributed by atoms with Crippen LogP contribution in [0, 0.1) is 0 Å². The van der Waals surface area contributed by atoms with Crippen LogP contribution in [0.2, 0.25) is 5.02 Å². The van der Waals surface area contributed by atoms with Crippen molar-refractivity contribution in [2.24, 2.45) is 10.2 Å². The molecule has 0 amide bonds. The van der Waals surface area contributed by atoms with Crippen molar-refractivity contribution in [3.05, 3.63) is 77.2 Å². The minimum absolute atomic E-state index is 0.353. The Balaban J connectivity index is 1.38. The fourth-order valence-electron chi connectivity index (χ4n) is 2.71. The summed E-state index contributed by atoms with van der Waals surface area (Å²) < 4.78 is 17.1. The first-order valence-corrected chi connectivity index (χ1v) is 9.58. The molecule has 0 radical (unpaired) electrons. The highest BCUT2D eigenvalue weighted by atomic mass is 35.5. The summed E-state index contributed by atoms with van der Waals surface area (Å²) in [5.74, 6) is 0.457. The number of benzene rings is 2. The van der Waals surface area contributed by atoms with Gasteiger partial charge in [-0.3, -0.25) is 0 Å². The fourth-order valence-corrected chi connectivity index (χ4v) is 2.84. The molecular formula is C21H19ClN4O3. The van der Waals surface area contributed by atoms with Crippen molar-refractivity contribution in [2.75, 3.05) is 13.2 Å². The maximum atomic E-state index is 5.88. The largest absolute Gasteiger partial charge is 0.472 e. The number of rotatable bonds is 6. The average Bonchev–Trinajstić information content (AvgIpc) is 2.79. The second-order valence-corrected chi connectivity index (χ2v) is 6.78. The molecule has 0 unspecified atom stereocenters. The van der Waals surface area contributed by atoms with Crippen molar-refractivity contribution in [3.63, 3.8) is 0 Å². The van der Waals surface area contributed by atoms with Crippen LogP contribution in [-0.4, -0.2) is 23.2 Å². The lowest BCUT2D eigenvalue weighted by Gasteiger charge is -2.24. The van der Waals surface area contributed by atoms with E-state index in [-0.39, 0.29) is 0 Å². The SMILES string of the molecule is Clc1ccc(N=Nc2ccc(COc3ncncc3C3OCCCO3)cc2)cc1. The Bertz CT molecular complexity index is 958. The molecule has 1 aliphatic heterocycles. The Kier molecular flexibility index (Phi) is 6.41. The van der Waals surface area contributed by atoms with E-state index in [9.17, 15) is 0 Å². The van der Waals surface area contributed by atoms with Crippen LogP contribution < -0.4 is 4.74 Å². The van der Waals surface area contributed by atoms with Crippen LogP contribution in [0.5, 0.6) is 5.88 Å². The van der Waals surface area contributed by atoms with Gasteiger partial charge in [0.1, 0.15) is 12.9 Å². The van der Waals surface area contributed by atoms with Crippen molar-refractivity contribution in [1.29, 1.82) is 0 Å². The van der Waals surface area contributed by atoms with Crippen LogP contribution in [0.25, 0.3) is 0 Å². The third kappa shape index (κ3) is 5.35. The first-order chi connectivity index (χ1) is 14.3. The molecule has 3 aromatic rings.